The van der Waals surface area contributed by atoms with Gasteiger partial charge in [0.1, 0.15) is 5.76 Å². The Balaban J connectivity index is 2.00. The lowest BCUT2D eigenvalue weighted by Crippen LogP contribution is -1.98. The second-order valence-electron chi connectivity index (χ2n) is 4.76. The van der Waals surface area contributed by atoms with Crippen molar-refractivity contribution in [1.82, 2.24) is 9.55 Å². The van der Waals surface area contributed by atoms with E-state index in [0.29, 0.717) is 6.54 Å². The van der Waals surface area contributed by atoms with E-state index in [1.807, 2.05) is 13.8 Å². The summed E-state index contributed by atoms with van der Waals surface area (Å²) in [6.45, 7) is 6.71. The van der Waals surface area contributed by atoms with Crippen molar-refractivity contribution < 1.29 is 4.42 Å². The van der Waals surface area contributed by atoms with Crippen LogP contribution in [0.2, 0.25) is 0 Å². The molecule has 0 N–H and O–H groups in total. The van der Waals surface area contributed by atoms with E-state index in [1.165, 1.54) is 16.5 Å². The first-order chi connectivity index (χ1) is 8.63. The van der Waals surface area contributed by atoms with Crippen LogP contribution < -0.4 is 0 Å². The van der Waals surface area contributed by atoms with E-state index in [9.17, 15) is 0 Å². The van der Waals surface area contributed by atoms with E-state index < -0.39 is 0 Å². The van der Waals surface area contributed by atoms with Crippen LogP contribution in [0.25, 0.3) is 10.9 Å². The van der Waals surface area contributed by atoms with Gasteiger partial charge in [0.05, 0.1) is 12.2 Å². The number of aryl methyl sites for hydroxylation is 3. The Morgan fingerprint density at radius 3 is 2.72 bits per heavy atom. The molecule has 0 aliphatic carbocycles. The third-order valence-electron chi connectivity index (χ3n) is 3.30. The van der Waals surface area contributed by atoms with Gasteiger partial charge in [-0.3, -0.25) is 0 Å². The molecule has 0 bridgehead atoms. The lowest BCUT2D eigenvalue weighted by Gasteiger charge is -2.02. The van der Waals surface area contributed by atoms with Crippen LogP contribution in [0.3, 0.4) is 0 Å². The number of nitrogens with zero attached hydrogens (tertiary/aromatic N) is 2. The van der Waals surface area contributed by atoms with Gasteiger partial charge in [0.2, 0.25) is 5.89 Å². The van der Waals surface area contributed by atoms with Gasteiger partial charge < -0.3 is 8.98 Å². The maximum Gasteiger partial charge on any atom is 0.214 e. The molecule has 3 rings (SSSR count). The van der Waals surface area contributed by atoms with Crippen LogP contribution in [0, 0.1) is 20.8 Å². The summed E-state index contributed by atoms with van der Waals surface area (Å²) in [6.07, 6.45) is 2.08. The smallest absolute Gasteiger partial charge is 0.214 e. The lowest BCUT2D eigenvalue weighted by atomic mass is 10.2. The van der Waals surface area contributed by atoms with Crippen molar-refractivity contribution in [2.75, 3.05) is 0 Å². The summed E-state index contributed by atoms with van der Waals surface area (Å²) < 4.78 is 7.79. The van der Waals surface area contributed by atoms with Crippen LogP contribution in [-0.4, -0.2) is 9.55 Å². The predicted octanol–water partition coefficient (Wildman–Crippen LogP) is 3.60. The first kappa shape index (κ1) is 11.1. The molecular weight excluding hydrogens is 224 g/mol. The summed E-state index contributed by atoms with van der Waals surface area (Å²) in [6, 6.07) is 8.60. The van der Waals surface area contributed by atoms with Gasteiger partial charge in [-0.2, -0.15) is 0 Å². The molecule has 0 amide bonds. The summed E-state index contributed by atoms with van der Waals surface area (Å²) in [4.78, 5) is 4.42. The highest BCUT2D eigenvalue weighted by Crippen LogP contribution is 2.19. The van der Waals surface area contributed by atoms with Crippen molar-refractivity contribution in [1.29, 1.82) is 0 Å². The van der Waals surface area contributed by atoms with Crippen molar-refractivity contribution in [3.05, 3.63) is 53.4 Å². The van der Waals surface area contributed by atoms with Gasteiger partial charge in [-0.05, 0) is 44.4 Å². The number of hydrogen-bond acceptors (Lipinski definition) is 2. The molecule has 0 saturated carbocycles. The molecule has 0 unspecified atom stereocenters. The Labute approximate surface area is 106 Å². The molecular formula is C15H16N2O. The van der Waals surface area contributed by atoms with Gasteiger partial charge in [0, 0.05) is 11.7 Å². The number of hydrogen-bond donors (Lipinski definition) is 0. The van der Waals surface area contributed by atoms with Crippen LogP contribution in [0.1, 0.15) is 22.9 Å². The van der Waals surface area contributed by atoms with E-state index in [0.717, 1.165) is 17.3 Å². The van der Waals surface area contributed by atoms with Gasteiger partial charge in [-0.15, -0.1) is 0 Å². The number of rotatable bonds is 2. The zero-order valence-electron chi connectivity index (χ0n) is 10.9. The number of oxazole rings is 1. The summed E-state index contributed by atoms with van der Waals surface area (Å²) in [5, 5.41) is 1.26. The predicted molar refractivity (Wildman–Crippen MR) is 71.8 cm³/mol. The van der Waals surface area contributed by atoms with Crippen molar-refractivity contribution >= 4 is 10.9 Å². The molecule has 1 aromatic carbocycles. The monoisotopic (exact) mass is 240 g/mol. The molecule has 0 radical (unpaired) electrons. The second-order valence-corrected chi connectivity index (χ2v) is 4.76. The van der Waals surface area contributed by atoms with Crippen molar-refractivity contribution in [2.45, 2.75) is 27.3 Å². The minimum atomic E-state index is 0.682. The molecule has 3 aromatic rings. The molecule has 2 aromatic heterocycles. The summed E-state index contributed by atoms with van der Waals surface area (Å²) in [7, 11) is 0. The molecule has 3 nitrogen and oxygen atoms in total. The van der Waals surface area contributed by atoms with Gasteiger partial charge in [-0.25, -0.2) is 4.98 Å². The molecule has 0 fully saturated rings. The van der Waals surface area contributed by atoms with Crippen LogP contribution in [-0.2, 0) is 6.54 Å². The number of aromatic nitrogens is 2. The highest BCUT2D eigenvalue weighted by molar-refractivity contribution is 5.80. The van der Waals surface area contributed by atoms with Crippen molar-refractivity contribution in [2.24, 2.45) is 0 Å². The fourth-order valence-electron chi connectivity index (χ4n) is 2.21. The molecule has 0 aliphatic rings. The summed E-state index contributed by atoms with van der Waals surface area (Å²) in [5.41, 5.74) is 3.47. The SMILES string of the molecule is Cc1ccc2c(ccn2Cc2nc(C)c(C)o2)c1. The maximum atomic E-state index is 5.63. The molecule has 3 heteroatoms. The Morgan fingerprint density at radius 1 is 1.17 bits per heavy atom. The highest BCUT2D eigenvalue weighted by Gasteiger charge is 2.08. The van der Waals surface area contributed by atoms with Crippen LogP contribution in [0.4, 0.5) is 0 Å². The van der Waals surface area contributed by atoms with E-state index in [-0.39, 0.29) is 0 Å². The highest BCUT2D eigenvalue weighted by atomic mass is 16.4. The Hall–Kier alpha value is -2.03. The van der Waals surface area contributed by atoms with Gasteiger partial charge in [0.25, 0.3) is 0 Å². The van der Waals surface area contributed by atoms with Gasteiger partial charge in [0.15, 0.2) is 0 Å². The number of benzene rings is 1. The summed E-state index contributed by atoms with van der Waals surface area (Å²) in [5.74, 6) is 1.67. The van der Waals surface area contributed by atoms with Gasteiger partial charge >= 0.3 is 0 Å². The van der Waals surface area contributed by atoms with Crippen LogP contribution in [0.15, 0.2) is 34.9 Å². The second kappa shape index (κ2) is 4.02. The molecule has 0 spiro atoms. The molecule has 0 aliphatic heterocycles. The van der Waals surface area contributed by atoms with Crippen molar-refractivity contribution in [3.63, 3.8) is 0 Å². The third-order valence-corrected chi connectivity index (χ3v) is 3.30. The summed E-state index contributed by atoms with van der Waals surface area (Å²) >= 11 is 0. The Kier molecular flexibility index (Phi) is 2.47. The minimum absolute atomic E-state index is 0.682. The topological polar surface area (TPSA) is 31.0 Å². The molecule has 0 saturated heterocycles. The average molecular weight is 240 g/mol. The molecule has 0 atom stereocenters. The Bertz CT molecular complexity index is 687. The molecule has 92 valence electrons. The number of fused-ring (bicyclic) bond motifs is 1. The van der Waals surface area contributed by atoms with Crippen molar-refractivity contribution in [3.8, 4) is 0 Å². The normalized spacial score (nSPS) is 11.3. The van der Waals surface area contributed by atoms with Crippen LogP contribution in [0.5, 0.6) is 0 Å². The van der Waals surface area contributed by atoms with E-state index in [2.05, 4.69) is 46.9 Å². The first-order valence-electron chi connectivity index (χ1n) is 6.12. The fourth-order valence-corrected chi connectivity index (χ4v) is 2.21. The average Bonchev–Trinajstić information content (AvgIpc) is 2.84. The fraction of sp³-hybridized carbons (Fsp3) is 0.267. The molecule has 2 heterocycles. The Morgan fingerprint density at radius 2 is 2.00 bits per heavy atom. The largest absolute Gasteiger partial charge is 0.444 e. The van der Waals surface area contributed by atoms with E-state index in [4.69, 9.17) is 4.42 Å². The molecule has 18 heavy (non-hydrogen) atoms. The quantitative estimate of drug-likeness (QED) is 0.685. The zero-order chi connectivity index (χ0) is 12.7. The zero-order valence-corrected chi connectivity index (χ0v) is 10.9. The maximum absolute atomic E-state index is 5.63. The van der Waals surface area contributed by atoms with Crippen LogP contribution >= 0.6 is 0 Å². The standard InChI is InChI=1S/C15H16N2O/c1-10-4-5-14-13(8-10)6-7-17(14)9-15-16-11(2)12(3)18-15/h4-8H,9H2,1-3H3. The van der Waals surface area contributed by atoms with E-state index >= 15 is 0 Å². The third kappa shape index (κ3) is 1.82. The minimum Gasteiger partial charge on any atom is -0.444 e. The van der Waals surface area contributed by atoms with E-state index in [1.54, 1.807) is 0 Å². The lowest BCUT2D eigenvalue weighted by molar-refractivity contribution is 0.459. The first-order valence-corrected chi connectivity index (χ1v) is 6.12. The van der Waals surface area contributed by atoms with Gasteiger partial charge in [-0.1, -0.05) is 11.6 Å².